The molecule has 0 fully saturated rings. The van der Waals surface area contributed by atoms with E-state index in [2.05, 4.69) is 10.1 Å². The van der Waals surface area contributed by atoms with E-state index in [0.717, 1.165) is 0 Å². The zero-order valence-electron chi connectivity index (χ0n) is 11.8. The van der Waals surface area contributed by atoms with Crippen molar-refractivity contribution < 1.29 is 14.2 Å². The monoisotopic (exact) mass is 292 g/mol. The van der Waals surface area contributed by atoms with Crippen molar-refractivity contribution in [2.24, 2.45) is 5.73 Å². The first kappa shape index (κ1) is 15.1. The summed E-state index contributed by atoms with van der Waals surface area (Å²) >= 11 is 0. The molecule has 0 saturated carbocycles. The highest BCUT2D eigenvalue weighted by atomic mass is 16.6. The van der Waals surface area contributed by atoms with Crippen molar-refractivity contribution in [1.82, 2.24) is 10.1 Å². The van der Waals surface area contributed by atoms with Crippen LogP contribution < -0.4 is 5.73 Å². The molecule has 1 aromatic carbocycles. The maximum atomic E-state index is 10.9. The summed E-state index contributed by atoms with van der Waals surface area (Å²) in [6.45, 7) is 4.32. The Labute approximate surface area is 121 Å². The number of aromatic nitrogens is 2. The molecule has 0 saturated heterocycles. The standard InChI is InChI=1S/C13H16N4O4/c1-3-20-7-10(14)12-15-13(21-16-12)9-5-4-6-11(8(9)2)17(18)19/h4-6,10H,3,7,14H2,1-2H3. The topological polar surface area (TPSA) is 117 Å². The lowest BCUT2D eigenvalue weighted by molar-refractivity contribution is -0.385. The number of rotatable bonds is 6. The lowest BCUT2D eigenvalue weighted by Gasteiger charge is -2.05. The zero-order chi connectivity index (χ0) is 15.4. The number of nitro benzene ring substituents is 1. The fourth-order valence-electron chi connectivity index (χ4n) is 1.87. The van der Waals surface area contributed by atoms with E-state index in [9.17, 15) is 10.1 Å². The molecule has 0 spiro atoms. The second-order valence-electron chi connectivity index (χ2n) is 4.43. The van der Waals surface area contributed by atoms with Gasteiger partial charge in [0.05, 0.1) is 17.6 Å². The van der Waals surface area contributed by atoms with Crippen molar-refractivity contribution in [3.63, 3.8) is 0 Å². The van der Waals surface area contributed by atoms with Gasteiger partial charge in [0.1, 0.15) is 0 Å². The van der Waals surface area contributed by atoms with E-state index in [-0.39, 0.29) is 18.2 Å². The van der Waals surface area contributed by atoms with Crippen molar-refractivity contribution in [1.29, 1.82) is 0 Å². The summed E-state index contributed by atoms with van der Waals surface area (Å²) in [6.07, 6.45) is 0. The van der Waals surface area contributed by atoms with E-state index < -0.39 is 11.0 Å². The van der Waals surface area contributed by atoms with Crippen LogP contribution in [0.1, 0.15) is 24.4 Å². The van der Waals surface area contributed by atoms with E-state index in [0.29, 0.717) is 23.6 Å². The van der Waals surface area contributed by atoms with E-state index in [1.165, 1.54) is 6.07 Å². The zero-order valence-corrected chi connectivity index (χ0v) is 11.8. The van der Waals surface area contributed by atoms with Crippen LogP contribution in [0.2, 0.25) is 0 Å². The van der Waals surface area contributed by atoms with Gasteiger partial charge in [-0.25, -0.2) is 0 Å². The lowest BCUT2D eigenvalue weighted by Crippen LogP contribution is -2.18. The Hall–Kier alpha value is -2.32. The van der Waals surface area contributed by atoms with Crippen molar-refractivity contribution in [3.8, 4) is 11.5 Å². The van der Waals surface area contributed by atoms with Crippen LogP contribution >= 0.6 is 0 Å². The third-order valence-corrected chi connectivity index (χ3v) is 3.01. The van der Waals surface area contributed by atoms with Gasteiger partial charge in [-0.15, -0.1) is 0 Å². The number of benzene rings is 1. The Morgan fingerprint density at radius 2 is 2.29 bits per heavy atom. The predicted molar refractivity (Wildman–Crippen MR) is 74.5 cm³/mol. The number of nitro groups is 1. The molecule has 112 valence electrons. The Morgan fingerprint density at radius 3 is 2.95 bits per heavy atom. The third-order valence-electron chi connectivity index (χ3n) is 3.01. The molecular weight excluding hydrogens is 276 g/mol. The number of nitrogens with two attached hydrogens (primary N) is 1. The maximum absolute atomic E-state index is 10.9. The van der Waals surface area contributed by atoms with Gasteiger partial charge in [-0.2, -0.15) is 4.98 Å². The van der Waals surface area contributed by atoms with Gasteiger partial charge in [0.15, 0.2) is 5.82 Å². The van der Waals surface area contributed by atoms with Crippen molar-refractivity contribution >= 4 is 5.69 Å². The van der Waals surface area contributed by atoms with Crippen LogP contribution in [0.15, 0.2) is 22.7 Å². The third kappa shape index (κ3) is 3.23. The van der Waals surface area contributed by atoms with Gasteiger partial charge in [-0.05, 0) is 19.9 Å². The maximum Gasteiger partial charge on any atom is 0.273 e. The molecule has 1 heterocycles. The van der Waals surface area contributed by atoms with Gasteiger partial charge in [0.25, 0.3) is 11.6 Å². The van der Waals surface area contributed by atoms with Gasteiger partial charge < -0.3 is 15.0 Å². The average molecular weight is 292 g/mol. The van der Waals surface area contributed by atoms with Crippen molar-refractivity contribution in [2.45, 2.75) is 19.9 Å². The molecule has 0 aliphatic heterocycles. The number of hydrogen-bond donors (Lipinski definition) is 1. The molecule has 0 bridgehead atoms. The minimum atomic E-state index is -0.499. The quantitative estimate of drug-likeness (QED) is 0.638. The van der Waals surface area contributed by atoms with E-state index in [4.69, 9.17) is 15.0 Å². The second kappa shape index (κ2) is 6.42. The van der Waals surface area contributed by atoms with Crippen LogP contribution in [0.4, 0.5) is 5.69 Å². The first-order valence-corrected chi connectivity index (χ1v) is 6.46. The molecule has 0 radical (unpaired) electrons. The molecular formula is C13H16N4O4. The molecule has 8 heteroatoms. The van der Waals surface area contributed by atoms with Crippen LogP contribution in [-0.4, -0.2) is 28.3 Å². The van der Waals surface area contributed by atoms with Crippen LogP contribution in [-0.2, 0) is 4.74 Å². The first-order chi connectivity index (χ1) is 10.0. The summed E-state index contributed by atoms with van der Waals surface area (Å²) in [4.78, 5) is 14.7. The molecule has 0 aliphatic rings. The normalized spacial score (nSPS) is 12.3. The van der Waals surface area contributed by atoms with Gasteiger partial charge in [-0.3, -0.25) is 10.1 Å². The highest BCUT2D eigenvalue weighted by molar-refractivity contribution is 5.64. The number of ether oxygens (including phenoxy) is 1. The Kier molecular flexibility index (Phi) is 4.61. The largest absolute Gasteiger partial charge is 0.380 e. The van der Waals surface area contributed by atoms with Crippen molar-refractivity contribution in [3.05, 3.63) is 39.7 Å². The summed E-state index contributed by atoms with van der Waals surface area (Å²) in [5.74, 6) is 0.516. The molecule has 1 atom stereocenters. The lowest BCUT2D eigenvalue weighted by atomic mass is 10.1. The molecule has 2 aromatic rings. The van der Waals surface area contributed by atoms with Gasteiger partial charge in [-0.1, -0.05) is 11.2 Å². The minimum absolute atomic E-state index is 0.00543. The van der Waals surface area contributed by atoms with Gasteiger partial charge >= 0.3 is 0 Å². The summed E-state index contributed by atoms with van der Waals surface area (Å²) in [7, 11) is 0. The number of nitrogens with zero attached hydrogens (tertiary/aromatic N) is 3. The SMILES string of the molecule is CCOCC(N)c1noc(-c2cccc([N+](=O)[O-])c2C)n1. The number of hydrogen-bond acceptors (Lipinski definition) is 7. The molecule has 1 unspecified atom stereocenters. The molecule has 2 N–H and O–H groups in total. The van der Waals surface area contributed by atoms with Gasteiger partial charge in [0.2, 0.25) is 0 Å². The van der Waals surface area contributed by atoms with Crippen LogP contribution in [0.25, 0.3) is 11.5 Å². The molecule has 1 aromatic heterocycles. The Bertz CT molecular complexity index is 641. The fourth-order valence-corrected chi connectivity index (χ4v) is 1.87. The highest BCUT2D eigenvalue weighted by Crippen LogP contribution is 2.29. The van der Waals surface area contributed by atoms with Gasteiger partial charge in [0, 0.05) is 23.8 Å². The van der Waals surface area contributed by atoms with Crippen LogP contribution in [0.5, 0.6) is 0 Å². The van der Waals surface area contributed by atoms with E-state index in [1.807, 2.05) is 6.92 Å². The summed E-state index contributed by atoms with van der Waals surface area (Å²) in [6, 6.07) is 4.19. The second-order valence-corrected chi connectivity index (χ2v) is 4.43. The molecule has 2 rings (SSSR count). The van der Waals surface area contributed by atoms with Crippen LogP contribution in [0.3, 0.4) is 0 Å². The highest BCUT2D eigenvalue weighted by Gasteiger charge is 2.20. The fraction of sp³-hybridized carbons (Fsp3) is 0.385. The van der Waals surface area contributed by atoms with E-state index in [1.54, 1.807) is 19.1 Å². The predicted octanol–water partition coefficient (Wildman–Crippen LogP) is 1.99. The average Bonchev–Trinajstić information content (AvgIpc) is 2.94. The van der Waals surface area contributed by atoms with Crippen molar-refractivity contribution in [2.75, 3.05) is 13.2 Å². The smallest absolute Gasteiger partial charge is 0.273 e. The Balaban J connectivity index is 2.30. The first-order valence-electron chi connectivity index (χ1n) is 6.46. The molecule has 0 amide bonds. The molecule has 0 aliphatic carbocycles. The van der Waals surface area contributed by atoms with Crippen LogP contribution in [0, 0.1) is 17.0 Å². The molecule has 8 nitrogen and oxygen atoms in total. The molecule has 21 heavy (non-hydrogen) atoms. The summed E-state index contributed by atoms with van der Waals surface area (Å²) in [5.41, 5.74) is 6.86. The summed E-state index contributed by atoms with van der Waals surface area (Å²) in [5, 5.41) is 14.7. The minimum Gasteiger partial charge on any atom is -0.380 e. The Morgan fingerprint density at radius 1 is 1.52 bits per heavy atom. The summed E-state index contributed by atoms with van der Waals surface area (Å²) < 4.78 is 10.4. The van der Waals surface area contributed by atoms with E-state index >= 15 is 0 Å².